The maximum Gasteiger partial charge on any atom is 0.225 e. The van der Waals surface area contributed by atoms with Gasteiger partial charge in [0.05, 0.1) is 27.6 Å². The highest BCUT2D eigenvalue weighted by Gasteiger charge is 2.32. The highest BCUT2D eigenvalue weighted by molar-refractivity contribution is 6.35. The first-order chi connectivity index (χ1) is 19.1. The fraction of sp³-hybridized carbons (Fsp3) is 0.323. The Kier molecular flexibility index (Phi) is 5.92. The minimum absolute atomic E-state index is 0.356. The third-order valence-corrected chi connectivity index (χ3v) is 8.48. The Hall–Kier alpha value is -3.71. The summed E-state index contributed by atoms with van der Waals surface area (Å²) in [6.45, 7) is 5.61. The van der Waals surface area contributed by atoms with Crippen LogP contribution in [0.5, 0.6) is 0 Å². The third kappa shape index (κ3) is 4.02. The van der Waals surface area contributed by atoms with Crippen LogP contribution < -0.4 is 4.90 Å². The van der Waals surface area contributed by atoms with Gasteiger partial charge in [-0.15, -0.1) is 0 Å². The predicted molar refractivity (Wildman–Crippen MR) is 153 cm³/mol. The van der Waals surface area contributed by atoms with E-state index >= 15 is 4.39 Å². The second-order valence-electron chi connectivity index (χ2n) is 10.6. The Bertz CT molecular complexity index is 1680. The molecule has 5 aromatic rings. The summed E-state index contributed by atoms with van der Waals surface area (Å²) >= 11 is 6.46. The molecule has 0 unspecified atom stereocenters. The first-order valence-electron chi connectivity index (χ1n) is 13.8. The maximum absolute atomic E-state index is 16.0. The minimum atomic E-state index is -0.356. The van der Waals surface area contributed by atoms with E-state index in [1.54, 1.807) is 0 Å². The summed E-state index contributed by atoms with van der Waals surface area (Å²) in [5.74, 6) is 0.959. The molecule has 1 saturated carbocycles. The average Bonchev–Trinajstić information content (AvgIpc) is 3.58. The fourth-order valence-electron chi connectivity index (χ4n) is 5.97. The molecule has 1 fully saturated rings. The van der Waals surface area contributed by atoms with Crippen LogP contribution in [0.3, 0.4) is 0 Å². The number of halogens is 2. The molecule has 4 heterocycles. The lowest BCUT2D eigenvalue weighted by atomic mass is 9.97. The zero-order valence-corrected chi connectivity index (χ0v) is 22.9. The van der Waals surface area contributed by atoms with E-state index in [2.05, 4.69) is 41.9 Å². The zero-order chi connectivity index (χ0) is 26.7. The Morgan fingerprint density at radius 1 is 1.08 bits per heavy atom. The largest absolute Gasteiger partial charge is 0.360 e. The molecule has 8 heteroatoms. The molecule has 198 valence electrons. The van der Waals surface area contributed by atoms with Crippen molar-refractivity contribution < 1.29 is 4.39 Å². The van der Waals surface area contributed by atoms with Crippen molar-refractivity contribution in [1.29, 1.82) is 0 Å². The molecule has 0 radical (unpaired) electrons. The van der Waals surface area contributed by atoms with Crippen LogP contribution in [0.2, 0.25) is 5.02 Å². The third-order valence-electron chi connectivity index (χ3n) is 8.18. The number of anilines is 1. The highest BCUT2D eigenvalue weighted by Crippen LogP contribution is 2.42. The number of benzene rings is 2. The quantitative estimate of drug-likeness (QED) is 0.248. The lowest BCUT2D eigenvalue weighted by Crippen LogP contribution is -2.31. The van der Waals surface area contributed by atoms with Crippen molar-refractivity contribution in [2.45, 2.75) is 58.4 Å². The lowest BCUT2D eigenvalue weighted by Gasteiger charge is -2.27. The van der Waals surface area contributed by atoms with E-state index in [-0.39, 0.29) is 5.82 Å². The van der Waals surface area contributed by atoms with Crippen molar-refractivity contribution in [1.82, 2.24) is 24.7 Å². The van der Waals surface area contributed by atoms with E-state index in [9.17, 15) is 0 Å². The standard InChI is InChI=1S/C31H30ClFN6/c1-3-18-6-5-7-19(4-2)29(18)39-30(27-22-10-12-34-28(22)24(32)14-25(27)33)23-17-38(13-11-26(23)37-39)31-35-15-21(16-36-31)20-8-9-20/h5-7,10,12,14-16,20,34H,3-4,8-9,11,13,17H2,1-2H3. The molecule has 6 nitrogen and oxygen atoms in total. The average molecular weight is 541 g/mol. The van der Waals surface area contributed by atoms with Crippen LogP contribution >= 0.6 is 11.6 Å². The van der Waals surface area contributed by atoms with Gasteiger partial charge in [0.25, 0.3) is 0 Å². The molecule has 0 amide bonds. The van der Waals surface area contributed by atoms with Crippen LogP contribution in [0.4, 0.5) is 10.3 Å². The normalized spacial score (nSPS) is 15.2. The molecule has 1 aliphatic heterocycles. The van der Waals surface area contributed by atoms with Gasteiger partial charge in [0.2, 0.25) is 5.95 Å². The Morgan fingerprint density at radius 3 is 2.51 bits per heavy atom. The highest BCUT2D eigenvalue weighted by atomic mass is 35.5. The molecule has 7 rings (SSSR count). The number of aryl methyl sites for hydroxylation is 2. The van der Waals surface area contributed by atoms with E-state index in [4.69, 9.17) is 26.7 Å². The number of aromatic amines is 1. The van der Waals surface area contributed by atoms with Crippen LogP contribution in [0.1, 0.15) is 60.6 Å². The molecule has 0 bridgehead atoms. The zero-order valence-electron chi connectivity index (χ0n) is 22.1. The molecule has 0 saturated heterocycles. The molecular formula is C31H30ClFN6. The Balaban J connectivity index is 1.45. The second kappa shape index (κ2) is 9.49. The number of aromatic nitrogens is 5. The van der Waals surface area contributed by atoms with Gasteiger partial charge in [-0.1, -0.05) is 43.6 Å². The molecule has 0 atom stereocenters. The van der Waals surface area contributed by atoms with Gasteiger partial charge in [0, 0.05) is 54.6 Å². The van der Waals surface area contributed by atoms with Crippen LogP contribution in [0, 0.1) is 5.82 Å². The molecule has 2 aliphatic rings. The van der Waals surface area contributed by atoms with Crippen molar-refractivity contribution in [3.63, 3.8) is 0 Å². The fourth-order valence-corrected chi connectivity index (χ4v) is 6.22. The van der Waals surface area contributed by atoms with Crippen molar-refractivity contribution >= 4 is 28.5 Å². The molecule has 39 heavy (non-hydrogen) atoms. The molecule has 0 spiro atoms. The Labute approximate surface area is 231 Å². The lowest BCUT2D eigenvalue weighted by molar-refractivity contribution is 0.631. The van der Waals surface area contributed by atoms with Crippen LogP contribution in [0.25, 0.3) is 27.8 Å². The molecule has 2 aromatic carbocycles. The first kappa shape index (κ1) is 24.3. The van der Waals surface area contributed by atoms with Gasteiger partial charge in [0.1, 0.15) is 5.82 Å². The van der Waals surface area contributed by atoms with Crippen LogP contribution in [-0.4, -0.2) is 31.3 Å². The molecule has 1 aliphatic carbocycles. The second-order valence-corrected chi connectivity index (χ2v) is 11.0. The topological polar surface area (TPSA) is 62.6 Å². The number of para-hydroxylation sites is 1. The SMILES string of the molecule is CCc1cccc(CC)c1-n1nc2c(c1-c1c(F)cc(Cl)c3[nH]ccc13)CN(c1ncc(C3CC3)cn1)CC2. The number of hydrogen-bond acceptors (Lipinski definition) is 4. The maximum atomic E-state index is 16.0. The molecular weight excluding hydrogens is 511 g/mol. The first-order valence-corrected chi connectivity index (χ1v) is 14.2. The summed E-state index contributed by atoms with van der Waals surface area (Å²) in [4.78, 5) is 14.8. The van der Waals surface area contributed by atoms with Crippen molar-refractivity contribution in [2.75, 3.05) is 11.4 Å². The van der Waals surface area contributed by atoms with Crippen molar-refractivity contribution in [2.24, 2.45) is 0 Å². The summed E-state index contributed by atoms with van der Waals surface area (Å²) in [7, 11) is 0. The molecule has 1 N–H and O–H groups in total. The van der Waals surface area contributed by atoms with Crippen LogP contribution in [-0.2, 0) is 25.8 Å². The van der Waals surface area contributed by atoms with E-state index in [1.807, 2.05) is 29.3 Å². The van der Waals surface area contributed by atoms with E-state index in [1.165, 1.54) is 35.6 Å². The van der Waals surface area contributed by atoms with E-state index in [0.717, 1.165) is 59.3 Å². The summed E-state index contributed by atoms with van der Waals surface area (Å²) in [5.41, 5.74) is 8.64. The summed E-state index contributed by atoms with van der Waals surface area (Å²) in [6.07, 6.45) is 10.6. The van der Waals surface area contributed by atoms with Crippen molar-refractivity contribution in [3.05, 3.63) is 87.7 Å². The Morgan fingerprint density at radius 2 is 1.82 bits per heavy atom. The van der Waals surface area contributed by atoms with Gasteiger partial charge >= 0.3 is 0 Å². The van der Waals surface area contributed by atoms with Crippen molar-refractivity contribution in [3.8, 4) is 16.9 Å². The van der Waals surface area contributed by atoms with Gasteiger partial charge in [-0.2, -0.15) is 5.10 Å². The summed E-state index contributed by atoms with van der Waals surface area (Å²) < 4.78 is 18.0. The van der Waals surface area contributed by atoms with Gasteiger partial charge in [-0.3, -0.25) is 0 Å². The number of hydrogen-bond donors (Lipinski definition) is 1. The van der Waals surface area contributed by atoms with E-state index in [0.29, 0.717) is 29.0 Å². The van der Waals surface area contributed by atoms with Gasteiger partial charge < -0.3 is 9.88 Å². The number of nitrogens with zero attached hydrogens (tertiary/aromatic N) is 5. The smallest absolute Gasteiger partial charge is 0.225 e. The predicted octanol–water partition coefficient (Wildman–Crippen LogP) is 7.17. The van der Waals surface area contributed by atoms with Gasteiger partial charge in [0.15, 0.2) is 0 Å². The summed E-state index contributed by atoms with van der Waals surface area (Å²) in [5, 5.41) is 6.30. The van der Waals surface area contributed by atoms with E-state index < -0.39 is 0 Å². The number of nitrogens with one attached hydrogen (secondary N) is 1. The number of H-pyrrole nitrogens is 1. The molecule has 3 aromatic heterocycles. The van der Waals surface area contributed by atoms with Gasteiger partial charge in [-0.25, -0.2) is 19.0 Å². The summed E-state index contributed by atoms with van der Waals surface area (Å²) in [6, 6.07) is 9.69. The monoisotopic (exact) mass is 540 g/mol. The van der Waals surface area contributed by atoms with Gasteiger partial charge in [-0.05, 0) is 60.4 Å². The minimum Gasteiger partial charge on any atom is -0.360 e. The van der Waals surface area contributed by atoms with Crippen LogP contribution in [0.15, 0.2) is 48.9 Å². The number of rotatable bonds is 6. The number of fused-ring (bicyclic) bond motifs is 2.